The number of nitrogens with zero attached hydrogens (tertiary/aromatic N) is 4. The SMILES string of the molecule is Cc1cccc2cnc(Nc3cc(C(=O)Nc4cccc(CN5CCOCC5)c4)c4nc(C(C)C)[nH]c4c3)nc12. The second-order valence-electron chi connectivity index (χ2n) is 10.6. The lowest BCUT2D eigenvalue weighted by Gasteiger charge is -2.26. The largest absolute Gasteiger partial charge is 0.379 e. The van der Waals surface area contributed by atoms with Crippen molar-refractivity contribution in [3.63, 3.8) is 0 Å². The number of carbonyl (C=O) groups excluding carboxylic acids is 1. The number of ether oxygens (including phenoxy) is 1. The van der Waals surface area contributed by atoms with Gasteiger partial charge in [0.05, 0.1) is 29.8 Å². The smallest absolute Gasteiger partial charge is 0.258 e. The summed E-state index contributed by atoms with van der Waals surface area (Å²) in [4.78, 5) is 33.4. The van der Waals surface area contributed by atoms with E-state index in [1.54, 1.807) is 6.20 Å². The van der Waals surface area contributed by atoms with Gasteiger partial charge in [0.25, 0.3) is 5.91 Å². The molecule has 9 heteroatoms. The number of H-pyrrole nitrogens is 1. The number of hydrogen-bond acceptors (Lipinski definition) is 7. The van der Waals surface area contributed by atoms with Crippen molar-refractivity contribution in [2.75, 3.05) is 36.9 Å². The van der Waals surface area contributed by atoms with E-state index in [2.05, 4.69) is 45.4 Å². The molecular formula is C31H33N7O2. The van der Waals surface area contributed by atoms with Crippen LogP contribution in [0.15, 0.2) is 60.8 Å². The van der Waals surface area contributed by atoms with Gasteiger partial charge in [-0.15, -0.1) is 0 Å². The minimum absolute atomic E-state index is 0.184. The number of hydrogen-bond donors (Lipinski definition) is 3. The number of morpholine rings is 1. The summed E-state index contributed by atoms with van der Waals surface area (Å²) in [6.45, 7) is 10.3. The number of carbonyl (C=O) groups is 1. The van der Waals surface area contributed by atoms with Crippen LogP contribution >= 0.6 is 0 Å². The lowest BCUT2D eigenvalue weighted by Crippen LogP contribution is -2.35. The van der Waals surface area contributed by atoms with E-state index in [0.29, 0.717) is 22.7 Å². The van der Waals surface area contributed by atoms with Crippen LogP contribution in [0.5, 0.6) is 0 Å². The number of aryl methyl sites for hydroxylation is 1. The third kappa shape index (κ3) is 5.52. The van der Waals surface area contributed by atoms with Crippen molar-refractivity contribution < 1.29 is 9.53 Å². The summed E-state index contributed by atoms with van der Waals surface area (Å²) >= 11 is 0. The number of aromatic nitrogens is 4. The first-order valence-corrected chi connectivity index (χ1v) is 13.7. The Morgan fingerprint density at radius 3 is 2.67 bits per heavy atom. The molecule has 3 aromatic carbocycles. The number of anilines is 3. The summed E-state index contributed by atoms with van der Waals surface area (Å²) in [5.74, 6) is 1.25. The molecule has 0 bridgehead atoms. The third-order valence-electron chi connectivity index (χ3n) is 7.16. The number of benzene rings is 3. The molecule has 2 aromatic heterocycles. The molecular weight excluding hydrogens is 502 g/mol. The van der Waals surface area contributed by atoms with Crippen LogP contribution in [-0.2, 0) is 11.3 Å². The number of fused-ring (bicyclic) bond motifs is 2. The first-order valence-electron chi connectivity index (χ1n) is 13.7. The van der Waals surface area contributed by atoms with E-state index in [1.807, 2.05) is 55.5 Å². The first kappa shape index (κ1) is 25.9. The normalized spacial score (nSPS) is 14.2. The predicted molar refractivity (Wildman–Crippen MR) is 158 cm³/mol. The van der Waals surface area contributed by atoms with E-state index in [1.165, 1.54) is 0 Å². The predicted octanol–water partition coefficient (Wildman–Crippen LogP) is 5.77. The summed E-state index contributed by atoms with van der Waals surface area (Å²) in [5, 5.41) is 7.37. The minimum atomic E-state index is -0.228. The van der Waals surface area contributed by atoms with Crippen LogP contribution in [0.1, 0.15) is 47.1 Å². The molecule has 0 spiro atoms. The Morgan fingerprint density at radius 2 is 1.85 bits per heavy atom. The molecule has 1 fully saturated rings. The molecule has 6 rings (SSSR count). The highest BCUT2D eigenvalue weighted by atomic mass is 16.5. The zero-order valence-electron chi connectivity index (χ0n) is 23.0. The van der Waals surface area contributed by atoms with Crippen molar-refractivity contribution in [1.82, 2.24) is 24.8 Å². The highest BCUT2D eigenvalue weighted by molar-refractivity contribution is 6.12. The Balaban J connectivity index is 1.30. The quantitative estimate of drug-likeness (QED) is 0.243. The van der Waals surface area contributed by atoms with Crippen LogP contribution in [0.4, 0.5) is 17.3 Å². The zero-order valence-corrected chi connectivity index (χ0v) is 23.0. The molecule has 0 saturated carbocycles. The fourth-order valence-corrected chi connectivity index (χ4v) is 5.01. The number of aromatic amines is 1. The maximum atomic E-state index is 13.7. The summed E-state index contributed by atoms with van der Waals surface area (Å²) in [6, 6.07) is 17.8. The van der Waals surface area contributed by atoms with Crippen LogP contribution in [0.2, 0.25) is 0 Å². The van der Waals surface area contributed by atoms with Gasteiger partial charge in [0.1, 0.15) is 11.3 Å². The summed E-state index contributed by atoms with van der Waals surface area (Å²) in [6.07, 6.45) is 1.81. The van der Waals surface area contributed by atoms with Gasteiger partial charge in [0.15, 0.2) is 0 Å². The van der Waals surface area contributed by atoms with Crippen molar-refractivity contribution in [3.8, 4) is 0 Å². The molecule has 9 nitrogen and oxygen atoms in total. The van der Waals surface area contributed by atoms with Gasteiger partial charge in [-0.1, -0.05) is 44.2 Å². The Morgan fingerprint density at radius 1 is 1.02 bits per heavy atom. The minimum Gasteiger partial charge on any atom is -0.379 e. The van der Waals surface area contributed by atoms with Gasteiger partial charge in [-0.05, 0) is 42.3 Å². The molecule has 1 saturated heterocycles. The first-order chi connectivity index (χ1) is 19.4. The van der Waals surface area contributed by atoms with Crippen LogP contribution in [0.3, 0.4) is 0 Å². The zero-order chi connectivity index (χ0) is 27.6. The second kappa shape index (κ2) is 11.0. The van der Waals surface area contributed by atoms with E-state index in [0.717, 1.165) is 71.9 Å². The third-order valence-corrected chi connectivity index (χ3v) is 7.16. The molecule has 0 radical (unpaired) electrons. The monoisotopic (exact) mass is 535 g/mol. The number of imidazole rings is 1. The molecule has 0 aliphatic carbocycles. The van der Waals surface area contributed by atoms with Gasteiger partial charge >= 0.3 is 0 Å². The van der Waals surface area contributed by atoms with Gasteiger partial charge in [0.2, 0.25) is 5.95 Å². The average molecular weight is 536 g/mol. The fraction of sp³-hybridized carbons (Fsp3) is 0.290. The molecule has 3 heterocycles. The molecule has 5 aromatic rings. The lowest BCUT2D eigenvalue weighted by molar-refractivity contribution is 0.0342. The molecule has 1 aliphatic heterocycles. The number of nitrogens with one attached hydrogen (secondary N) is 3. The Hall–Kier alpha value is -4.34. The molecule has 1 amide bonds. The van der Waals surface area contributed by atoms with Crippen molar-refractivity contribution in [2.45, 2.75) is 33.2 Å². The average Bonchev–Trinajstić information content (AvgIpc) is 3.39. The second-order valence-corrected chi connectivity index (χ2v) is 10.6. The van der Waals surface area contributed by atoms with E-state index < -0.39 is 0 Å². The van der Waals surface area contributed by atoms with E-state index in [-0.39, 0.29) is 11.8 Å². The fourth-order valence-electron chi connectivity index (χ4n) is 5.01. The molecule has 3 N–H and O–H groups in total. The van der Waals surface area contributed by atoms with Gasteiger partial charge in [0, 0.05) is 48.5 Å². The number of para-hydroxylation sites is 1. The summed E-state index contributed by atoms with van der Waals surface area (Å²) < 4.78 is 5.47. The van der Waals surface area contributed by atoms with Gasteiger partial charge in [-0.2, -0.15) is 0 Å². The van der Waals surface area contributed by atoms with E-state index in [4.69, 9.17) is 14.7 Å². The number of amides is 1. The van der Waals surface area contributed by atoms with Crippen LogP contribution in [0, 0.1) is 6.92 Å². The van der Waals surface area contributed by atoms with E-state index in [9.17, 15) is 4.79 Å². The molecule has 1 aliphatic rings. The standard InChI is InChI=1S/C31H33N7O2/c1-19(2)29-35-26-16-24(34-31-32-17-22-8-4-6-20(3)27(22)37-31)15-25(28(26)36-29)30(39)33-23-9-5-7-21(14-23)18-38-10-12-40-13-11-38/h4-9,14-17,19H,10-13,18H2,1-3H3,(H,33,39)(H,35,36)(H,32,34,37). The highest BCUT2D eigenvalue weighted by Crippen LogP contribution is 2.28. The van der Waals surface area contributed by atoms with E-state index >= 15 is 0 Å². The Bertz CT molecular complexity index is 1690. The van der Waals surface area contributed by atoms with Crippen molar-refractivity contribution in [2.24, 2.45) is 0 Å². The number of rotatable bonds is 7. The van der Waals surface area contributed by atoms with Gasteiger partial charge in [-0.3, -0.25) is 9.69 Å². The molecule has 0 unspecified atom stereocenters. The topological polar surface area (TPSA) is 108 Å². The van der Waals surface area contributed by atoms with Crippen molar-refractivity contribution in [3.05, 3.63) is 83.3 Å². The van der Waals surface area contributed by atoms with Crippen molar-refractivity contribution >= 4 is 45.2 Å². The molecule has 0 atom stereocenters. The highest BCUT2D eigenvalue weighted by Gasteiger charge is 2.18. The Kier molecular flexibility index (Phi) is 7.15. The summed E-state index contributed by atoms with van der Waals surface area (Å²) in [7, 11) is 0. The molecule has 204 valence electrons. The van der Waals surface area contributed by atoms with Crippen LogP contribution < -0.4 is 10.6 Å². The van der Waals surface area contributed by atoms with Gasteiger partial charge in [-0.25, -0.2) is 15.0 Å². The van der Waals surface area contributed by atoms with Crippen LogP contribution in [-0.4, -0.2) is 57.0 Å². The van der Waals surface area contributed by atoms with Crippen molar-refractivity contribution in [1.29, 1.82) is 0 Å². The maximum Gasteiger partial charge on any atom is 0.258 e. The Labute approximate surface area is 233 Å². The van der Waals surface area contributed by atoms with Gasteiger partial charge < -0.3 is 20.4 Å². The molecule has 40 heavy (non-hydrogen) atoms. The maximum absolute atomic E-state index is 13.7. The summed E-state index contributed by atoms with van der Waals surface area (Å²) in [5.41, 5.74) is 6.43. The van der Waals surface area contributed by atoms with Crippen LogP contribution in [0.25, 0.3) is 21.9 Å². The lowest BCUT2D eigenvalue weighted by atomic mass is 10.1.